The maximum Gasteiger partial charge on any atom is 0.243 e. The van der Waals surface area contributed by atoms with Crippen molar-refractivity contribution in [3.8, 4) is 0 Å². The molecule has 0 spiro atoms. The van der Waals surface area contributed by atoms with Crippen LogP contribution in [-0.2, 0) is 19.6 Å². The standard InChI is InChI=1S/C19H21FN2O4S2/c1-14(27-18-8-3-2-7-17(18)20)19(23)21-15-5-4-6-16(13-15)28(24,25)22-9-11-26-12-10-22/h2-8,13-14H,9-12H2,1H3,(H,21,23). The molecule has 3 rings (SSSR count). The van der Waals surface area contributed by atoms with Gasteiger partial charge in [-0.05, 0) is 37.3 Å². The van der Waals surface area contributed by atoms with E-state index in [4.69, 9.17) is 4.74 Å². The normalized spacial score (nSPS) is 16.5. The van der Waals surface area contributed by atoms with Gasteiger partial charge in [0.2, 0.25) is 15.9 Å². The largest absolute Gasteiger partial charge is 0.379 e. The molecule has 9 heteroatoms. The highest BCUT2D eigenvalue weighted by Gasteiger charge is 2.26. The molecule has 150 valence electrons. The Morgan fingerprint density at radius 2 is 1.89 bits per heavy atom. The second-order valence-corrected chi connectivity index (χ2v) is 9.54. The number of carbonyl (C=O) groups excluding carboxylic acids is 1. The number of morpholine rings is 1. The van der Waals surface area contributed by atoms with Crippen LogP contribution in [0.15, 0.2) is 58.3 Å². The van der Waals surface area contributed by atoms with Crippen molar-refractivity contribution in [3.05, 3.63) is 54.3 Å². The average Bonchev–Trinajstić information content (AvgIpc) is 2.70. The first-order chi connectivity index (χ1) is 13.4. The van der Waals surface area contributed by atoms with Crippen molar-refractivity contribution >= 4 is 33.4 Å². The summed E-state index contributed by atoms with van der Waals surface area (Å²) in [5.41, 5.74) is 0.375. The molecule has 1 amide bonds. The number of thioether (sulfide) groups is 1. The smallest absolute Gasteiger partial charge is 0.243 e. The van der Waals surface area contributed by atoms with Crippen molar-refractivity contribution < 1.29 is 22.3 Å². The first kappa shape index (κ1) is 20.8. The van der Waals surface area contributed by atoms with Crippen molar-refractivity contribution in [1.29, 1.82) is 0 Å². The number of benzene rings is 2. The highest BCUT2D eigenvalue weighted by molar-refractivity contribution is 8.00. The van der Waals surface area contributed by atoms with Crippen LogP contribution in [0, 0.1) is 5.82 Å². The number of halogens is 1. The number of nitrogens with zero attached hydrogens (tertiary/aromatic N) is 1. The van der Waals surface area contributed by atoms with Gasteiger partial charge in [0.1, 0.15) is 5.82 Å². The predicted molar refractivity (Wildman–Crippen MR) is 106 cm³/mol. The van der Waals surface area contributed by atoms with Gasteiger partial charge in [-0.1, -0.05) is 18.2 Å². The number of hydrogen-bond acceptors (Lipinski definition) is 5. The molecule has 2 aromatic carbocycles. The lowest BCUT2D eigenvalue weighted by atomic mass is 10.3. The average molecular weight is 425 g/mol. The van der Waals surface area contributed by atoms with E-state index in [9.17, 15) is 17.6 Å². The van der Waals surface area contributed by atoms with E-state index in [1.807, 2.05) is 0 Å². The van der Waals surface area contributed by atoms with Crippen LogP contribution in [0.2, 0.25) is 0 Å². The van der Waals surface area contributed by atoms with Gasteiger partial charge in [-0.3, -0.25) is 4.79 Å². The number of rotatable bonds is 6. The fourth-order valence-corrected chi connectivity index (χ4v) is 5.04. The third-order valence-electron chi connectivity index (χ3n) is 4.22. The number of carbonyl (C=O) groups is 1. The molecule has 1 heterocycles. The molecule has 0 radical (unpaired) electrons. The molecule has 1 unspecified atom stereocenters. The lowest BCUT2D eigenvalue weighted by Gasteiger charge is -2.26. The molecule has 1 atom stereocenters. The van der Waals surface area contributed by atoms with E-state index < -0.39 is 15.3 Å². The van der Waals surface area contributed by atoms with E-state index in [1.54, 1.807) is 37.3 Å². The van der Waals surface area contributed by atoms with Crippen LogP contribution in [0.5, 0.6) is 0 Å². The lowest BCUT2D eigenvalue weighted by molar-refractivity contribution is -0.115. The van der Waals surface area contributed by atoms with E-state index in [0.717, 1.165) is 11.8 Å². The van der Waals surface area contributed by atoms with E-state index in [0.29, 0.717) is 36.9 Å². The van der Waals surface area contributed by atoms with E-state index in [-0.39, 0.29) is 16.6 Å². The second kappa shape index (κ2) is 9.04. The van der Waals surface area contributed by atoms with Gasteiger partial charge in [-0.15, -0.1) is 11.8 Å². The van der Waals surface area contributed by atoms with Gasteiger partial charge in [0, 0.05) is 23.7 Å². The number of hydrogen-bond donors (Lipinski definition) is 1. The van der Waals surface area contributed by atoms with Crippen LogP contribution < -0.4 is 5.32 Å². The number of nitrogens with one attached hydrogen (secondary N) is 1. The Kier molecular flexibility index (Phi) is 6.71. The van der Waals surface area contributed by atoms with Crippen molar-refractivity contribution in [2.24, 2.45) is 0 Å². The minimum atomic E-state index is -3.65. The molecular weight excluding hydrogens is 403 g/mol. The maximum absolute atomic E-state index is 13.8. The Hall–Kier alpha value is -1.94. The molecule has 1 fully saturated rings. The van der Waals surface area contributed by atoms with Gasteiger partial charge in [0.25, 0.3) is 0 Å². The van der Waals surface area contributed by atoms with Gasteiger partial charge in [0.15, 0.2) is 0 Å². The van der Waals surface area contributed by atoms with Gasteiger partial charge in [-0.25, -0.2) is 12.8 Å². The van der Waals surface area contributed by atoms with Gasteiger partial charge < -0.3 is 10.1 Å². The van der Waals surface area contributed by atoms with E-state index in [1.165, 1.54) is 22.5 Å². The molecular formula is C19H21FN2O4S2. The quantitative estimate of drug-likeness (QED) is 0.722. The highest BCUT2D eigenvalue weighted by atomic mass is 32.2. The molecule has 0 aromatic heterocycles. The summed E-state index contributed by atoms with van der Waals surface area (Å²) < 4.78 is 45.8. The zero-order valence-corrected chi connectivity index (χ0v) is 16.9. The van der Waals surface area contributed by atoms with Gasteiger partial charge in [0.05, 0.1) is 23.4 Å². The molecule has 1 aliphatic rings. The summed E-state index contributed by atoms with van der Waals surface area (Å²) in [6.07, 6.45) is 0. The minimum Gasteiger partial charge on any atom is -0.379 e. The Morgan fingerprint density at radius 3 is 2.61 bits per heavy atom. The van der Waals surface area contributed by atoms with Gasteiger partial charge >= 0.3 is 0 Å². The number of anilines is 1. The monoisotopic (exact) mass is 424 g/mol. The molecule has 1 aliphatic heterocycles. The van der Waals surface area contributed by atoms with Crippen LogP contribution in [0.4, 0.5) is 10.1 Å². The predicted octanol–water partition coefficient (Wildman–Crippen LogP) is 2.97. The molecule has 0 bridgehead atoms. The molecule has 1 N–H and O–H groups in total. The maximum atomic E-state index is 13.8. The topological polar surface area (TPSA) is 75.7 Å². The first-order valence-corrected chi connectivity index (χ1v) is 11.1. The molecule has 0 aliphatic carbocycles. The van der Waals surface area contributed by atoms with E-state index in [2.05, 4.69) is 5.32 Å². The Bertz CT molecular complexity index is 946. The van der Waals surface area contributed by atoms with E-state index >= 15 is 0 Å². The molecule has 0 saturated carbocycles. The number of amides is 1. The van der Waals surface area contributed by atoms with Crippen LogP contribution >= 0.6 is 11.8 Å². The summed E-state index contributed by atoms with van der Waals surface area (Å²) in [5, 5.41) is 2.15. The summed E-state index contributed by atoms with van der Waals surface area (Å²) in [4.78, 5) is 13.0. The fourth-order valence-electron chi connectivity index (χ4n) is 2.70. The fraction of sp³-hybridized carbons (Fsp3) is 0.316. The Balaban J connectivity index is 1.70. The van der Waals surface area contributed by atoms with Crippen LogP contribution in [-0.4, -0.2) is 50.2 Å². The summed E-state index contributed by atoms with van der Waals surface area (Å²) in [5.74, 6) is -0.722. The number of sulfonamides is 1. The third kappa shape index (κ3) is 4.91. The molecule has 1 saturated heterocycles. The molecule has 28 heavy (non-hydrogen) atoms. The van der Waals surface area contributed by atoms with Crippen molar-refractivity contribution in [1.82, 2.24) is 4.31 Å². The SMILES string of the molecule is CC(Sc1ccccc1F)C(=O)Nc1cccc(S(=O)(=O)N2CCOCC2)c1. The first-order valence-electron chi connectivity index (χ1n) is 8.78. The van der Waals surface area contributed by atoms with Crippen molar-refractivity contribution in [2.75, 3.05) is 31.6 Å². The zero-order valence-electron chi connectivity index (χ0n) is 15.3. The van der Waals surface area contributed by atoms with Crippen molar-refractivity contribution in [3.63, 3.8) is 0 Å². The summed E-state index contributed by atoms with van der Waals surface area (Å²) in [7, 11) is -3.65. The number of ether oxygens (including phenoxy) is 1. The second-order valence-electron chi connectivity index (χ2n) is 6.22. The summed E-state index contributed by atoms with van der Waals surface area (Å²) in [6, 6.07) is 12.4. The Labute approximate surface area is 168 Å². The van der Waals surface area contributed by atoms with Crippen molar-refractivity contribution in [2.45, 2.75) is 22.0 Å². The van der Waals surface area contributed by atoms with Crippen LogP contribution in [0.25, 0.3) is 0 Å². The summed E-state index contributed by atoms with van der Waals surface area (Å²) >= 11 is 1.10. The Morgan fingerprint density at radius 1 is 1.18 bits per heavy atom. The molecule has 6 nitrogen and oxygen atoms in total. The van der Waals surface area contributed by atoms with Crippen LogP contribution in [0.3, 0.4) is 0 Å². The zero-order chi connectivity index (χ0) is 20.1. The summed E-state index contributed by atoms with van der Waals surface area (Å²) in [6.45, 7) is 2.99. The highest BCUT2D eigenvalue weighted by Crippen LogP contribution is 2.27. The molecule has 2 aromatic rings. The third-order valence-corrected chi connectivity index (χ3v) is 7.27. The minimum absolute atomic E-state index is 0.113. The lowest BCUT2D eigenvalue weighted by Crippen LogP contribution is -2.40. The van der Waals surface area contributed by atoms with Crippen LogP contribution in [0.1, 0.15) is 6.92 Å². The van der Waals surface area contributed by atoms with Gasteiger partial charge in [-0.2, -0.15) is 4.31 Å².